The number of methoxy groups -OCH3 is 1. The number of anilines is 1. The lowest BCUT2D eigenvalue weighted by Crippen LogP contribution is -2.34. The third kappa shape index (κ3) is 3.69. The zero-order valence-corrected chi connectivity index (χ0v) is 10.1. The van der Waals surface area contributed by atoms with Gasteiger partial charge in [0.1, 0.15) is 5.69 Å². The van der Waals surface area contributed by atoms with Crippen LogP contribution in [0.1, 0.15) is 17.4 Å². The molecule has 1 aromatic heterocycles. The van der Waals surface area contributed by atoms with E-state index in [4.69, 9.17) is 10.6 Å². The van der Waals surface area contributed by atoms with Crippen molar-refractivity contribution in [2.75, 3.05) is 32.2 Å². The summed E-state index contributed by atoms with van der Waals surface area (Å²) in [6.45, 7) is 3.62. The number of nitrogens with two attached hydrogens (primary N) is 1. The number of amides is 1. The molecule has 17 heavy (non-hydrogen) atoms. The first-order valence-corrected chi connectivity index (χ1v) is 5.43. The van der Waals surface area contributed by atoms with Crippen molar-refractivity contribution in [3.8, 4) is 0 Å². The van der Waals surface area contributed by atoms with Gasteiger partial charge in [-0.1, -0.05) is 0 Å². The van der Waals surface area contributed by atoms with E-state index >= 15 is 0 Å². The third-order valence-electron chi connectivity index (χ3n) is 2.38. The van der Waals surface area contributed by atoms with Gasteiger partial charge in [-0.15, -0.1) is 0 Å². The maximum absolute atomic E-state index is 12.0. The van der Waals surface area contributed by atoms with Crippen molar-refractivity contribution in [2.24, 2.45) is 5.84 Å². The lowest BCUT2D eigenvalue weighted by atomic mass is 10.3. The molecule has 0 aliphatic heterocycles. The molecule has 1 rings (SSSR count). The van der Waals surface area contributed by atoms with Crippen molar-refractivity contribution in [1.29, 1.82) is 0 Å². The van der Waals surface area contributed by atoms with Gasteiger partial charge in [-0.05, 0) is 19.1 Å². The molecule has 0 saturated carbocycles. The number of hydrogen-bond acceptors (Lipinski definition) is 5. The number of aromatic nitrogens is 1. The molecular formula is C11H18N4O2. The van der Waals surface area contributed by atoms with Crippen molar-refractivity contribution < 1.29 is 9.53 Å². The predicted octanol–water partition coefficient (Wildman–Crippen LogP) is 0.476. The van der Waals surface area contributed by atoms with Gasteiger partial charge in [0.15, 0.2) is 0 Å². The van der Waals surface area contributed by atoms with Crippen LogP contribution < -0.4 is 11.3 Å². The molecule has 1 heterocycles. The number of carbonyl (C=O) groups excluding carboxylic acids is 1. The summed E-state index contributed by atoms with van der Waals surface area (Å²) in [6.07, 6.45) is 1.53. The molecule has 0 aliphatic rings. The van der Waals surface area contributed by atoms with Crippen molar-refractivity contribution in [3.63, 3.8) is 0 Å². The molecule has 0 aliphatic carbocycles. The smallest absolute Gasteiger partial charge is 0.272 e. The van der Waals surface area contributed by atoms with Crippen LogP contribution in [-0.4, -0.2) is 42.6 Å². The second-order valence-electron chi connectivity index (χ2n) is 3.45. The molecule has 1 aromatic rings. The quantitative estimate of drug-likeness (QED) is 0.556. The minimum Gasteiger partial charge on any atom is -0.383 e. The topological polar surface area (TPSA) is 80.5 Å². The first-order chi connectivity index (χ1) is 8.22. The Hall–Kier alpha value is -1.66. The number of nitrogen functional groups attached to an aromatic ring is 1. The summed E-state index contributed by atoms with van der Waals surface area (Å²) in [5.74, 6) is 5.12. The van der Waals surface area contributed by atoms with E-state index in [1.165, 1.54) is 6.20 Å². The average Bonchev–Trinajstić information content (AvgIpc) is 2.39. The van der Waals surface area contributed by atoms with Gasteiger partial charge in [0.05, 0.1) is 18.5 Å². The molecule has 0 fully saturated rings. The van der Waals surface area contributed by atoms with Crippen molar-refractivity contribution in [2.45, 2.75) is 6.92 Å². The Kier molecular flexibility index (Phi) is 5.38. The maximum atomic E-state index is 12.0. The second kappa shape index (κ2) is 6.82. The summed E-state index contributed by atoms with van der Waals surface area (Å²) in [6, 6.07) is 3.36. The van der Waals surface area contributed by atoms with Crippen LogP contribution in [0, 0.1) is 0 Å². The van der Waals surface area contributed by atoms with E-state index in [0.717, 1.165) is 0 Å². The van der Waals surface area contributed by atoms with Gasteiger partial charge in [0.2, 0.25) is 0 Å². The largest absolute Gasteiger partial charge is 0.383 e. The Labute approximate surface area is 101 Å². The zero-order chi connectivity index (χ0) is 12.7. The molecule has 1 amide bonds. The van der Waals surface area contributed by atoms with Crippen LogP contribution in [0.15, 0.2) is 18.3 Å². The highest BCUT2D eigenvalue weighted by Gasteiger charge is 2.14. The van der Waals surface area contributed by atoms with E-state index in [0.29, 0.717) is 31.1 Å². The van der Waals surface area contributed by atoms with E-state index in [-0.39, 0.29) is 5.91 Å². The van der Waals surface area contributed by atoms with Crippen LogP contribution >= 0.6 is 0 Å². The van der Waals surface area contributed by atoms with Crippen LogP contribution in [0.3, 0.4) is 0 Å². The molecule has 0 saturated heterocycles. The normalized spacial score (nSPS) is 10.1. The summed E-state index contributed by atoms with van der Waals surface area (Å²) in [5.41, 5.74) is 3.54. The minimum absolute atomic E-state index is 0.104. The Morgan fingerprint density at radius 1 is 1.59 bits per heavy atom. The highest BCUT2D eigenvalue weighted by Crippen LogP contribution is 2.06. The standard InChI is InChI=1S/C11H18N4O2/c1-3-15(6-7-17-2)11(16)10-5-4-9(14-12)8-13-10/h4-5,8,14H,3,6-7,12H2,1-2H3. The van der Waals surface area contributed by atoms with Gasteiger partial charge in [-0.25, -0.2) is 4.98 Å². The molecule has 0 spiro atoms. The molecule has 0 unspecified atom stereocenters. The van der Waals surface area contributed by atoms with Gasteiger partial charge < -0.3 is 15.1 Å². The Bertz CT molecular complexity index is 353. The second-order valence-corrected chi connectivity index (χ2v) is 3.45. The third-order valence-corrected chi connectivity index (χ3v) is 2.38. The summed E-state index contributed by atoms with van der Waals surface area (Å²) in [4.78, 5) is 17.8. The van der Waals surface area contributed by atoms with E-state index in [1.54, 1.807) is 24.1 Å². The first-order valence-electron chi connectivity index (χ1n) is 5.43. The maximum Gasteiger partial charge on any atom is 0.272 e. The fraction of sp³-hybridized carbons (Fsp3) is 0.455. The van der Waals surface area contributed by atoms with Gasteiger partial charge in [-0.2, -0.15) is 0 Å². The zero-order valence-electron chi connectivity index (χ0n) is 10.1. The predicted molar refractivity (Wildman–Crippen MR) is 65.5 cm³/mol. The lowest BCUT2D eigenvalue weighted by Gasteiger charge is -2.19. The van der Waals surface area contributed by atoms with E-state index in [1.807, 2.05) is 6.92 Å². The number of rotatable bonds is 6. The van der Waals surface area contributed by atoms with E-state index < -0.39 is 0 Å². The van der Waals surface area contributed by atoms with Gasteiger partial charge in [0.25, 0.3) is 5.91 Å². The van der Waals surface area contributed by atoms with E-state index in [9.17, 15) is 4.79 Å². The molecule has 0 atom stereocenters. The summed E-state index contributed by atoms with van der Waals surface area (Å²) in [7, 11) is 1.61. The first kappa shape index (κ1) is 13.4. The van der Waals surface area contributed by atoms with Crippen molar-refractivity contribution in [3.05, 3.63) is 24.0 Å². The fourth-order valence-electron chi connectivity index (χ4n) is 1.37. The number of pyridine rings is 1. The van der Waals surface area contributed by atoms with Gasteiger partial charge in [-0.3, -0.25) is 10.6 Å². The average molecular weight is 238 g/mol. The van der Waals surface area contributed by atoms with Crippen LogP contribution in [0.2, 0.25) is 0 Å². The van der Waals surface area contributed by atoms with E-state index in [2.05, 4.69) is 10.4 Å². The monoisotopic (exact) mass is 238 g/mol. The van der Waals surface area contributed by atoms with Gasteiger partial charge in [0, 0.05) is 20.2 Å². The van der Waals surface area contributed by atoms with Crippen LogP contribution in [0.5, 0.6) is 0 Å². The SMILES string of the molecule is CCN(CCOC)C(=O)c1ccc(NN)cn1. The molecular weight excluding hydrogens is 220 g/mol. The van der Waals surface area contributed by atoms with Crippen LogP contribution in [0.25, 0.3) is 0 Å². The van der Waals surface area contributed by atoms with Crippen LogP contribution in [-0.2, 0) is 4.74 Å². The Morgan fingerprint density at radius 3 is 2.82 bits per heavy atom. The highest BCUT2D eigenvalue weighted by molar-refractivity contribution is 5.92. The number of hydrogen-bond donors (Lipinski definition) is 2. The molecule has 94 valence electrons. The van der Waals surface area contributed by atoms with Crippen molar-refractivity contribution in [1.82, 2.24) is 9.88 Å². The minimum atomic E-state index is -0.104. The number of ether oxygens (including phenoxy) is 1. The highest BCUT2D eigenvalue weighted by atomic mass is 16.5. The Balaban J connectivity index is 2.71. The molecule has 0 aromatic carbocycles. The molecule has 0 radical (unpaired) electrons. The number of nitrogens with one attached hydrogen (secondary N) is 1. The molecule has 6 heteroatoms. The molecule has 0 bridgehead atoms. The molecule has 3 N–H and O–H groups in total. The summed E-state index contributed by atoms with van der Waals surface area (Å²) >= 11 is 0. The summed E-state index contributed by atoms with van der Waals surface area (Å²) < 4.78 is 4.96. The fourth-order valence-corrected chi connectivity index (χ4v) is 1.37. The number of hydrazine groups is 1. The molecule has 6 nitrogen and oxygen atoms in total. The van der Waals surface area contributed by atoms with Crippen LogP contribution in [0.4, 0.5) is 5.69 Å². The lowest BCUT2D eigenvalue weighted by molar-refractivity contribution is 0.0701. The number of nitrogens with zero attached hydrogens (tertiary/aromatic N) is 2. The summed E-state index contributed by atoms with van der Waals surface area (Å²) in [5, 5.41) is 0. The number of carbonyl (C=O) groups is 1. The van der Waals surface area contributed by atoms with Gasteiger partial charge >= 0.3 is 0 Å². The van der Waals surface area contributed by atoms with Crippen molar-refractivity contribution >= 4 is 11.6 Å². The Morgan fingerprint density at radius 2 is 2.35 bits per heavy atom. The number of likely N-dealkylation sites (N-methyl/N-ethyl adjacent to an activating group) is 1.